The van der Waals surface area contributed by atoms with Gasteiger partial charge in [0.25, 0.3) is 5.91 Å². The van der Waals surface area contributed by atoms with Crippen LogP contribution in [0.15, 0.2) is 54.6 Å². The molecular formula is C23H19ClN2O4. The number of amides is 1. The van der Waals surface area contributed by atoms with E-state index in [1.807, 2.05) is 24.3 Å². The largest absolute Gasteiger partial charge is 0.495 e. The van der Waals surface area contributed by atoms with Gasteiger partial charge in [-0.3, -0.25) is 9.59 Å². The lowest BCUT2D eigenvalue weighted by Crippen LogP contribution is -2.12. The van der Waals surface area contributed by atoms with Crippen LogP contribution in [0.3, 0.4) is 0 Å². The van der Waals surface area contributed by atoms with Crippen molar-refractivity contribution in [1.29, 1.82) is 0 Å². The lowest BCUT2D eigenvalue weighted by Gasteiger charge is -2.13. The number of nitrogens with one attached hydrogen (secondary N) is 2. The molecule has 1 aliphatic rings. The van der Waals surface area contributed by atoms with Gasteiger partial charge in [-0.25, -0.2) is 0 Å². The number of carbonyl (C=O) groups is 2. The molecule has 0 saturated heterocycles. The first-order valence-electron chi connectivity index (χ1n) is 9.30. The second-order valence-corrected chi connectivity index (χ2v) is 7.46. The van der Waals surface area contributed by atoms with Gasteiger partial charge in [0.2, 0.25) is 0 Å². The van der Waals surface area contributed by atoms with Crippen molar-refractivity contribution in [2.75, 3.05) is 17.7 Å². The monoisotopic (exact) mass is 422 g/mol. The standard InChI is InChI=1S/C23H19ClN2O4/c1-12(23(28)29)13-5-8-18-20(9-13)26-22(27)16-6-3-14(10-19(16)25-18)15-4-7-17(24)21(11-15)30-2/h3-12,25H,1-2H3,(H,26,27)(H,28,29). The fourth-order valence-electron chi connectivity index (χ4n) is 3.39. The molecular weight excluding hydrogens is 404 g/mol. The summed E-state index contributed by atoms with van der Waals surface area (Å²) in [7, 11) is 1.56. The van der Waals surface area contributed by atoms with Gasteiger partial charge in [0, 0.05) is 0 Å². The van der Waals surface area contributed by atoms with Gasteiger partial charge in [-0.15, -0.1) is 0 Å². The predicted molar refractivity (Wildman–Crippen MR) is 117 cm³/mol. The van der Waals surface area contributed by atoms with E-state index in [0.29, 0.717) is 39.0 Å². The highest BCUT2D eigenvalue weighted by molar-refractivity contribution is 6.32. The predicted octanol–water partition coefficient (Wildman–Crippen LogP) is 5.51. The summed E-state index contributed by atoms with van der Waals surface area (Å²) in [6.07, 6.45) is 0. The van der Waals surface area contributed by atoms with Crippen LogP contribution in [0.1, 0.15) is 28.8 Å². The Morgan fingerprint density at radius 3 is 2.43 bits per heavy atom. The molecule has 30 heavy (non-hydrogen) atoms. The van der Waals surface area contributed by atoms with Crippen LogP contribution >= 0.6 is 11.6 Å². The van der Waals surface area contributed by atoms with E-state index in [9.17, 15) is 14.7 Å². The average molecular weight is 423 g/mol. The molecule has 1 amide bonds. The highest BCUT2D eigenvalue weighted by atomic mass is 35.5. The number of carboxylic acids is 1. The van der Waals surface area contributed by atoms with Gasteiger partial charge in [-0.05, 0) is 60.0 Å². The maximum atomic E-state index is 12.8. The number of rotatable bonds is 4. The smallest absolute Gasteiger partial charge is 0.310 e. The van der Waals surface area contributed by atoms with Crippen molar-refractivity contribution < 1.29 is 19.4 Å². The Labute approximate surface area is 178 Å². The molecule has 1 unspecified atom stereocenters. The number of ether oxygens (including phenoxy) is 1. The topological polar surface area (TPSA) is 87.7 Å². The summed E-state index contributed by atoms with van der Waals surface area (Å²) in [5, 5.41) is 15.9. The number of methoxy groups -OCH3 is 1. The number of hydrogen-bond acceptors (Lipinski definition) is 4. The van der Waals surface area contributed by atoms with Crippen molar-refractivity contribution in [1.82, 2.24) is 0 Å². The molecule has 4 rings (SSSR count). The van der Waals surface area contributed by atoms with Crippen molar-refractivity contribution in [2.45, 2.75) is 12.8 Å². The molecule has 1 atom stereocenters. The summed E-state index contributed by atoms with van der Waals surface area (Å²) in [6, 6.07) is 16.2. The van der Waals surface area contributed by atoms with E-state index in [0.717, 1.165) is 11.1 Å². The third-order valence-electron chi connectivity index (χ3n) is 5.18. The molecule has 0 aliphatic carbocycles. The van der Waals surface area contributed by atoms with Crippen LogP contribution in [-0.4, -0.2) is 24.1 Å². The molecule has 0 fully saturated rings. The van der Waals surface area contributed by atoms with Crippen LogP contribution in [0.4, 0.5) is 17.1 Å². The SMILES string of the molecule is COc1cc(-c2ccc3c(c2)Nc2ccc(C(C)C(=O)O)cc2NC3=O)ccc1Cl. The van der Waals surface area contributed by atoms with E-state index in [-0.39, 0.29) is 5.91 Å². The van der Waals surface area contributed by atoms with Crippen molar-refractivity contribution in [3.63, 3.8) is 0 Å². The van der Waals surface area contributed by atoms with Crippen LogP contribution in [0, 0.1) is 0 Å². The summed E-state index contributed by atoms with van der Waals surface area (Å²) in [6.45, 7) is 1.61. The molecule has 3 aromatic rings. The first kappa shape index (κ1) is 19.8. The molecule has 0 radical (unpaired) electrons. The number of carbonyl (C=O) groups excluding carboxylic acids is 1. The van der Waals surface area contributed by atoms with Gasteiger partial charge in [0.05, 0.1) is 40.7 Å². The number of hydrogen-bond donors (Lipinski definition) is 3. The number of aliphatic carboxylic acids is 1. The van der Waals surface area contributed by atoms with Crippen LogP contribution < -0.4 is 15.4 Å². The number of fused-ring (bicyclic) bond motifs is 2. The molecule has 7 heteroatoms. The minimum atomic E-state index is -0.922. The third-order valence-corrected chi connectivity index (χ3v) is 5.49. The molecule has 1 heterocycles. The first-order valence-corrected chi connectivity index (χ1v) is 9.68. The molecule has 0 saturated carbocycles. The van der Waals surface area contributed by atoms with Gasteiger partial charge in [-0.2, -0.15) is 0 Å². The molecule has 152 valence electrons. The second-order valence-electron chi connectivity index (χ2n) is 7.05. The molecule has 0 spiro atoms. The fourth-order valence-corrected chi connectivity index (χ4v) is 3.58. The highest BCUT2D eigenvalue weighted by Crippen LogP contribution is 2.37. The third kappa shape index (κ3) is 3.57. The van der Waals surface area contributed by atoms with E-state index in [4.69, 9.17) is 16.3 Å². The van der Waals surface area contributed by atoms with Crippen LogP contribution in [0.25, 0.3) is 11.1 Å². The Kier molecular flexibility index (Phi) is 5.10. The van der Waals surface area contributed by atoms with Crippen molar-refractivity contribution in [3.8, 4) is 16.9 Å². The number of carboxylic acid groups (broad SMARTS) is 1. The minimum absolute atomic E-state index is 0.267. The minimum Gasteiger partial charge on any atom is -0.495 e. The van der Waals surface area contributed by atoms with E-state index >= 15 is 0 Å². The van der Waals surface area contributed by atoms with Crippen molar-refractivity contribution in [3.05, 3.63) is 70.7 Å². The molecule has 1 aliphatic heterocycles. The highest BCUT2D eigenvalue weighted by Gasteiger charge is 2.22. The Bertz CT molecular complexity index is 1180. The maximum Gasteiger partial charge on any atom is 0.310 e. The van der Waals surface area contributed by atoms with Gasteiger partial charge in [0.1, 0.15) is 5.75 Å². The summed E-state index contributed by atoms with van der Waals surface area (Å²) < 4.78 is 5.30. The summed E-state index contributed by atoms with van der Waals surface area (Å²) >= 11 is 6.12. The first-order chi connectivity index (χ1) is 14.4. The lowest BCUT2D eigenvalue weighted by molar-refractivity contribution is -0.138. The Morgan fingerprint density at radius 1 is 0.967 bits per heavy atom. The number of benzene rings is 3. The zero-order valence-corrected chi connectivity index (χ0v) is 17.1. The van der Waals surface area contributed by atoms with Gasteiger partial charge in [-0.1, -0.05) is 29.8 Å². The van der Waals surface area contributed by atoms with Gasteiger partial charge < -0.3 is 20.5 Å². The van der Waals surface area contributed by atoms with Crippen molar-refractivity contribution in [2.24, 2.45) is 0 Å². The summed E-state index contributed by atoms with van der Waals surface area (Å²) in [4.78, 5) is 24.1. The zero-order chi connectivity index (χ0) is 21.4. The number of halogens is 1. The average Bonchev–Trinajstić information content (AvgIpc) is 2.88. The Hall–Kier alpha value is -3.51. The van der Waals surface area contributed by atoms with Crippen molar-refractivity contribution >= 4 is 40.5 Å². The van der Waals surface area contributed by atoms with E-state index in [1.54, 1.807) is 44.4 Å². The fraction of sp³-hybridized carbons (Fsp3) is 0.130. The van der Waals surface area contributed by atoms with Crippen LogP contribution in [0.5, 0.6) is 5.75 Å². The molecule has 0 aromatic heterocycles. The molecule has 3 N–H and O–H groups in total. The van der Waals surface area contributed by atoms with Crippen LogP contribution in [-0.2, 0) is 4.79 Å². The quantitative estimate of drug-likeness (QED) is 0.515. The number of anilines is 3. The second kappa shape index (κ2) is 7.72. The van der Waals surface area contributed by atoms with E-state index in [2.05, 4.69) is 10.6 Å². The molecule has 6 nitrogen and oxygen atoms in total. The molecule has 0 bridgehead atoms. The maximum absolute atomic E-state index is 12.8. The van der Waals surface area contributed by atoms with Crippen LogP contribution in [0.2, 0.25) is 5.02 Å². The Balaban J connectivity index is 1.74. The molecule has 3 aromatic carbocycles. The summed E-state index contributed by atoms with van der Waals surface area (Å²) in [5.74, 6) is -1.30. The zero-order valence-electron chi connectivity index (χ0n) is 16.3. The lowest BCUT2D eigenvalue weighted by atomic mass is 10.00. The van der Waals surface area contributed by atoms with E-state index in [1.165, 1.54) is 0 Å². The normalized spacial score (nSPS) is 13.2. The van der Waals surface area contributed by atoms with E-state index < -0.39 is 11.9 Å². The van der Waals surface area contributed by atoms with Gasteiger partial charge >= 0.3 is 5.97 Å². The Morgan fingerprint density at radius 2 is 1.70 bits per heavy atom. The van der Waals surface area contributed by atoms with Gasteiger partial charge in [0.15, 0.2) is 0 Å². The summed E-state index contributed by atoms with van der Waals surface area (Å²) in [5.41, 5.74) is 4.77.